The van der Waals surface area contributed by atoms with Crippen LogP contribution in [-0.4, -0.2) is 22.6 Å². The molecule has 0 aliphatic heterocycles. The first kappa shape index (κ1) is 23.0. The van der Waals surface area contributed by atoms with Gasteiger partial charge in [0.15, 0.2) is 5.11 Å². The molecule has 0 radical (unpaired) electrons. The predicted octanol–water partition coefficient (Wildman–Crippen LogP) is 6.03. The first-order valence-corrected chi connectivity index (χ1v) is 10.2. The van der Waals surface area contributed by atoms with Crippen LogP contribution < -0.4 is 15.4 Å². The van der Waals surface area contributed by atoms with Crippen LogP contribution in [0.15, 0.2) is 66.7 Å². The summed E-state index contributed by atoms with van der Waals surface area (Å²) in [5, 5.41) is 17.9. The van der Waals surface area contributed by atoms with Gasteiger partial charge in [0.1, 0.15) is 11.5 Å². The Morgan fingerprint density at radius 2 is 1.66 bits per heavy atom. The number of hydrogen-bond donors (Lipinski definition) is 2. The molecule has 0 aliphatic carbocycles. The lowest BCUT2D eigenvalue weighted by Gasteiger charge is -2.13. The second kappa shape index (κ2) is 10.6. The topological polar surface area (TPSA) is 103 Å². The normalized spacial score (nSPS) is 10.2. The number of halogens is 1. The van der Waals surface area contributed by atoms with Gasteiger partial charge in [-0.15, -0.1) is 0 Å². The zero-order valence-electron chi connectivity index (χ0n) is 16.8. The number of nitrogens with one attached hydrogen (secondary N) is 2. The molecule has 3 aromatic rings. The molecule has 0 atom stereocenters. The van der Waals surface area contributed by atoms with Gasteiger partial charge in [0.05, 0.1) is 28.8 Å². The summed E-state index contributed by atoms with van der Waals surface area (Å²) in [4.78, 5) is 22.5. The molecule has 0 aromatic heterocycles. The summed E-state index contributed by atoms with van der Waals surface area (Å²) in [7, 11) is 0. The molecule has 0 heterocycles. The lowest BCUT2D eigenvalue weighted by Crippen LogP contribution is -2.19. The van der Waals surface area contributed by atoms with Gasteiger partial charge in [-0.05, 0) is 67.7 Å². The van der Waals surface area contributed by atoms with Crippen LogP contribution in [-0.2, 0) is 4.74 Å². The molecule has 0 amide bonds. The van der Waals surface area contributed by atoms with E-state index in [0.717, 1.165) is 0 Å². The van der Waals surface area contributed by atoms with Gasteiger partial charge in [-0.3, -0.25) is 10.1 Å². The highest BCUT2D eigenvalue weighted by molar-refractivity contribution is 7.80. The molecular weight excluding hydrogens is 454 g/mol. The minimum Gasteiger partial charge on any atom is -0.462 e. The summed E-state index contributed by atoms with van der Waals surface area (Å²) in [5.74, 6) is 0.318. The summed E-state index contributed by atoms with van der Waals surface area (Å²) < 4.78 is 10.7. The number of esters is 1. The van der Waals surface area contributed by atoms with E-state index in [-0.39, 0.29) is 16.5 Å². The molecule has 2 N–H and O–H groups in total. The van der Waals surface area contributed by atoms with Crippen molar-refractivity contribution in [2.75, 3.05) is 17.2 Å². The van der Waals surface area contributed by atoms with Gasteiger partial charge < -0.3 is 20.1 Å². The molecule has 0 bridgehead atoms. The van der Waals surface area contributed by atoms with E-state index in [1.54, 1.807) is 61.5 Å². The van der Waals surface area contributed by atoms with Crippen molar-refractivity contribution in [3.63, 3.8) is 0 Å². The van der Waals surface area contributed by atoms with Crippen LogP contribution in [0.2, 0.25) is 5.02 Å². The van der Waals surface area contributed by atoms with Gasteiger partial charge in [0, 0.05) is 22.8 Å². The Balaban J connectivity index is 1.72. The number of thiocarbonyl (C=S) groups is 1. The third-order valence-corrected chi connectivity index (χ3v) is 4.52. The molecule has 3 aromatic carbocycles. The summed E-state index contributed by atoms with van der Waals surface area (Å²) in [6, 6.07) is 17.4. The highest BCUT2D eigenvalue weighted by Gasteiger charge is 2.13. The van der Waals surface area contributed by atoms with Crippen LogP contribution in [0.4, 0.5) is 17.1 Å². The van der Waals surface area contributed by atoms with Crippen molar-refractivity contribution in [1.82, 2.24) is 0 Å². The van der Waals surface area contributed by atoms with Crippen LogP contribution in [0.1, 0.15) is 17.3 Å². The summed E-state index contributed by atoms with van der Waals surface area (Å²) in [6.45, 7) is 2.03. The average molecular weight is 472 g/mol. The largest absolute Gasteiger partial charge is 0.462 e. The number of hydrogen-bond acceptors (Lipinski definition) is 6. The molecule has 0 saturated carbocycles. The molecule has 0 spiro atoms. The monoisotopic (exact) mass is 471 g/mol. The maximum Gasteiger partial charge on any atom is 0.338 e. The van der Waals surface area contributed by atoms with Gasteiger partial charge in [-0.25, -0.2) is 4.79 Å². The second-order valence-corrected chi connectivity index (χ2v) is 7.25. The molecule has 0 fully saturated rings. The number of ether oxygens (including phenoxy) is 2. The minimum absolute atomic E-state index is 0.166. The van der Waals surface area contributed by atoms with E-state index in [2.05, 4.69) is 10.6 Å². The molecule has 0 saturated heterocycles. The van der Waals surface area contributed by atoms with Crippen molar-refractivity contribution < 1.29 is 19.2 Å². The van der Waals surface area contributed by atoms with E-state index < -0.39 is 10.9 Å². The number of anilines is 2. The third kappa shape index (κ3) is 6.40. The number of rotatable bonds is 7. The Labute approximate surface area is 194 Å². The minimum atomic E-state index is -0.523. The molecule has 10 heteroatoms. The van der Waals surface area contributed by atoms with Crippen molar-refractivity contribution in [3.05, 3.63) is 87.4 Å². The molecule has 164 valence electrons. The van der Waals surface area contributed by atoms with Gasteiger partial charge in [-0.2, -0.15) is 0 Å². The molecule has 8 nitrogen and oxygen atoms in total. The van der Waals surface area contributed by atoms with Crippen LogP contribution in [0.5, 0.6) is 11.5 Å². The Kier molecular flexibility index (Phi) is 7.58. The molecule has 3 rings (SSSR count). The molecule has 32 heavy (non-hydrogen) atoms. The first-order chi connectivity index (χ1) is 15.3. The summed E-state index contributed by atoms with van der Waals surface area (Å²) in [6.07, 6.45) is 0. The zero-order chi connectivity index (χ0) is 23.1. The van der Waals surface area contributed by atoms with E-state index in [9.17, 15) is 14.9 Å². The SMILES string of the molecule is CCOC(=O)c1ccc(NC(=S)Nc2cc(Oc3ccc(Cl)cc3)cc([N+](=O)[O-])c2)cc1. The molecule has 0 aliphatic rings. The zero-order valence-corrected chi connectivity index (χ0v) is 18.4. The Morgan fingerprint density at radius 3 is 2.28 bits per heavy atom. The van der Waals surface area contributed by atoms with Gasteiger partial charge in [-0.1, -0.05) is 11.6 Å². The van der Waals surface area contributed by atoms with Gasteiger partial charge >= 0.3 is 5.97 Å². The smallest absolute Gasteiger partial charge is 0.338 e. The number of nitro groups is 1. The Bertz CT molecular complexity index is 1140. The van der Waals surface area contributed by atoms with Crippen molar-refractivity contribution in [3.8, 4) is 11.5 Å². The van der Waals surface area contributed by atoms with Crippen molar-refractivity contribution in [2.45, 2.75) is 6.92 Å². The maximum atomic E-state index is 11.7. The van der Waals surface area contributed by atoms with E-state index in [1.807, 2.05) is 0 Å². The number of carbonyl (C=O) groups is 1. The third-order valence-electron chi connectivity index (χ3n) is 4.06. The number of nitrogens with zero attached hydrogens (tertiary/aromatic N) is 1. The number of benzene rings is 3. The van der Waals surface area contributed by atoms with Gasteiger partial charge in [0.2, 0.25) is 0 Å². The highest BCUT2D eigenvalue weighted by Crippen LogP contribution is 2.30. The highest BCUT2D eigenvalue weighted by atomic mass is 35.5. The fourth-order valence-corrected chi connectivity index (χ4v) is 3.02. The predicted molar refractivity (Wildman–Crippen MR) is 127 cm³/mol. The first-order valence-electron chi connectivity index (χ1n) is 9.42. The number of carbonyl (C=O) groups excluding carboxylic acids is 1. The summed E-state index contributed by atoms with van der Waals surface area (Å²) in [5.41, 5.74) is 1.24. The van der Waals surface area contributed by atoms with Crippen molar-refractivity contribution in [1.29, 1.82) is 0 Å². The molecule has 0 unspecified atom stereocenters. The standard InChI is InChI=1S/C22H18ClN3O5S/c1-2-30-21(27)14-3-7-16(8-4-14)24-22(32)25-17-11-18(26(28)29)13-20(12-17)31-19-9-5-15(23)6-10-19/h3-13H,2H2,1H3,(H2,24,25,32). The van der Waals surface area contributed by atoms with E-state index >= 15 is 0 Å². The number of nitro benzene ring substituents is 1. The fourth-order valence-electron chi connectivity index (χ4n) is 2.66. The maximum absolute atomic E-state index is 11.7. The Morgan fingerprint density at radius 1 is 1.00 bits per heavy atom. The summed E-state index contributed by atoms with van der Waals surface area (Å²) >= 11 is 11.2. The van der Waals surface area contributed by atoms with Crippen LogP contribution in [0.25, 0.3) is 0 Å². The average Bonchev–Trinajstić information content (AvgIpc) is 2.76. The quantitative estimate of drug-likeness (QED) is 0.186. The van der Waals surface area contributed by atoms with Crippen molar-refractivity contribution >= 4 is 52.0 Å². The van der Waals surface area contributed by atoms with E-state index in [1.165, 1.54) is 12.1 Å². The van der Waals surface area contributed by atoms with Crippen LogP contribution >= 0.6 is 23.8 Å². The van der Waals surface area contributed by atoms with Crippen molar-refractivity contribution in [2.24, 2.45) is 0 Å². The van der Waals surface area contributed by atoms with Gasteiger partial charge in [0.25, 0.3) is 5.69 Å². The lowest BCUT2D eigenvalue weighted by atomic mass is 10.2. The van der Waals surface area contributed by atoms with Crippen LogP contribution in [0.3, 0.4) is 0 Å². The second-order valence-electron chi connectivity index (χ2n) is 6.41. The number of non-ortho nitro benzene ring substituents is 1. The fraction of sp³-hybridized carbons (Fsp3) is 0.0909. The van der Waals surface area contributed by atoms with E-state index in [0.29, 0.717) is 34.3 Å². The van der Waals surface area contributed by atoms with E-state index in [4.69, 9.17) is 33.3 Å². The van der Waals surface area contributed by atoms with Crippen LogP contribution in [0, 0.1) is 10.1 Å². The molecular formula is C22H18ClN3O5S. The Hall–Kier alpha value is -3.69. The lowest BCUT2D eigenvalue weighted by molar-refractivity contribution is -0.384.